The molecule has 3 nitrogen and oxygen atoms in total. The van der Waals surface area contributed by atoms with Crippen molar-refractivity contribution in [1.82, 2.24) is 9.13 Å². The molecule has 1 unspecified atom stereocenters. The summed E-state index contributed by atoms with van der Waals surface area (Å²) in [7, 11) is 0. The van der Waals surface area contributed by atoms with Crippen LogP contribution in [-0.4, -0.2) is 9.13 Å². The normalized spacial score (nSPS) is 13.1. The molecule has 0 radical (unpaired) electrons. The van der Waals surface area contributed by atoms with Gasteiger partial charge in [-0.3, -0.25) is 0 Å². The molecule has 0 saturated heterocycles. The molecule has 4 heterocycles. The Morgan fingerprint density at radius 3 is 1.69 bits per heavy atom. The molecule has 0 aliphatic carbocycles. The van der Waals surface area contributed by atoms with E-state index < -0.39 is 0 Å². The Bertz CT molecular complexity index is 3570. The molecule has 0 N–H and O–H groups in total. The Morgan fingerprint density at radius 1 is 0.475 bits per heavy atom. The van der Waals surface area contributed by atoms with Crippen molar-refractivity contribution >= 4 is 97.1 Å². The van der Waals surface area contributed by atoms with Crippen LogP contribution in [0.2, 0.25) is 0 Å². The molecule has 4 heteroatoms. The highest BCUT2D eigenvalue weighted by molar-refractivity contribution is 7.25. The van der Waals surface area contributed by atoms with Crippen LogP contribution < -0.4 is 0 Å². The first-order valence-electron chi connectivity index (χ1n) is 20.8. The molecular weight excluding hydrogens is 737 g/mol. The number of hydrogen-bond acceptors (Lipinski definition) is 2. The highest BCUT2D eigenvalue weighted by Crippen LogP contribution is 2.41. The average molecular weight is 779 g/mol. The molecule has 0 bridgehead atoms. The van der Waals surface area contributed by atoms with E-state index in [0.29, 0.717) is 5.92 Å². The lowest BCUT2D eigenvalue weighted by Crippen LogP contribution is -2.18. The minimum Gasteiger partial charge on any atom is -0.456 e. The number of para-hydroxylation sites is 3. The predicted molar refractivity (Wildman–Crippen MR) is 252 cm³/mol. The van der Waals surface area contributed by atoms with Crippen LogP contribution in [0, 0.1) is 0 Å². The maximum atomic E-state index is 6.44. The number of aromatic nitrogens is 2. The zero-order valence-electron chi connectivity index (χ0n) is 33.4. The summed E-state index contributed by atoms with van der Waals surface area (Å²) in [4.78, 5) is 0. The maximum absolute atomic E-state index is 6.44. The molecule has 0 fully saturated rings. The van der Waals surface area contributed by atoms with Crippen LogP contribution >= 0.6 is 11.3 Å². The molecule has 0 aliphatic heterocycles. The van der Waals surface area contributed by atoms with Gasteiger partial charge in [-0.2, -0.15) is 0 Å². The topological polar surface area (TPSA) is 23.0 Å². The Morgan fingerprint density at radius 2 is 1.00 bits per heavy atom. The van der Waals surface area contributed by atoms with E-state index in [1.165, 1.54) is 86.0 Å². The fourth-order valence-corrected chi connectivity index (χ4v) is 10.9. The van der Waals surface area contributed by atoms with Gasteiger partial charge < -0.3 is 13.6 Å². The van der Waals surface area contributed by atoms with Crippen LogP contribution in [-0.2, 0) is 5.41 Å². The molecule has 284 valence electrons. The third-order valence-electron chi connectivity index (χ3n) is 13.2. The van der Waals surface area contributed by atoms with Gasteiger partial charge in [0.1, 0.15) is 11.2 Å². The van der Waals surface area contributed by atoms with Gasteiger partial charge in [0.25, 0.3) is 0 Å². The summed E-state index contributed by atoms with van der Waals surface area (Å²) in [5.41, 5.74) is 11.8. The third-order valence-corrected chi connectivity index (χ3v) is 14.3. The van der Waals surface area contributed by atoms with Gasteiger partial charge in [-0.25, -0.2) is 0 Å². The molecule has 12 rings (SSSR count). The highest BCUT2D eigenvalue weighted by atomic mass is 32.1. The number of fused-ring (bicyclic) bond motifs is 12. The lowest BCUT2D eigenvalue weighted by molar-refractivity contribution is 0.440. The maximum Gasteiger partial charge on any atom is 0.135 e. The van der Waals surface area contributed by atoms with Gasteiger partial charge in [0.05, 0.1) is 22.1 Å². The second-order valence-corrected chi connectivity index (χ2v) is 18.2. The van der Waals surface area contributed by atoms with E-state index in [2.05, 4.69) is 200 Å². The quantitative estimate of drug-likeness (QED) is 0.158. The van der Waals surface area contributed by atoms with Crippen LogP contribution in [0.25, 0.3) is 97.1 Å². The largest absolute Gasteiger partial charge is 0.456 e. The molecule has 0 aliphatic rings. The molecule has 4 aromatic heterocycles. The van der Waals surface area contributed by atoms with Gasteiger partial charge in [0.2, 0.25) is 0 Å². The first kappa shape index (κ1) is 34.4. The summed E-state index contributed by atoms with van der Waals surface area (Å²) >= 11 is 1.87. The smallest absolute Gasteiger partial charge is 0.135 e. The van der Waals surface area contributed by atoms with E-state index in [1.54, 1.807) is 0 Å². The number of benzene rings is 8. The lowest BCUT2D eigenvalue weighted by Gasteiger charge is -2.27. The van der Waals surface area contributed by atoms with E-state index in [1.807, 2.05) is 11.3 Å². The van der Waals surface area contributed by atoms with Crippen LogP contribution in [0.1, 0.15) is 50.7 Å². The molecule has 0 spiro atoms. The molecule has 0 saturated carbocycles. The second kappa shape index (κ2) is 12.9. The molecule has 12 aromatic rings. The lowest BCUT2D eigenvalue weighted by atomic mass is 9.77. The highest BCUT2D eigenvalue weighted by Gasteiger charge is 2.24. The van der Waals surface area contributed by atoms with Crippen LogP contribution in [0.15, 0.2) is 174 Å². The zero-order valence-corrected chi connectivity index (χ0v) is 34.2. The number of nitrogens with zero attached hydrogens (tertiary/aromatic N) is 2. The number of thiophene rings is 1. The van der Waals surface area contributed by atoms with Crippen LogP contribution in [0.4, 0.5) is 0 Å². The summed E-state index contributed by atoms with van der Waals surface area (Å²) in [5, 5.41) is 10.1. The minimum atomic E-state index is -0.0267. The van der Waals surface area contributed by atoms with E-state index in [-0.39, 0.29) is 5.41 Å². The monoisotopic (exact) mass is 778 g/mol. The Balaban J connectivity index is 0.862. The van der Waals surface area contributed by atoms with Gasteiger partial charge >= 0.3 is 0 Å². The van der Waals surface area contributed by atoms with Crippen molar-refractivity contribution in [3.8, 4) is 11.4 Å². The average Bonchev–Trinajstić information content (AvgIpc) is 4.02. The third kappa shape index (κ3) is 5.33. The van der Waals surface area contributed by atoms with Gasteiger partial charge in [-0.1, -0.05) is 106 Å². The fourth-order valence-electron chi connectivity index (χ4n) is 9.84. The first-order valence-corrected chi connectivity index (χ1v) is 21.6. The molecule has 8 aromatic carbocycles. The Hall–Kier alpha value is -6.62. The van der Waals surface area contributed by atoms with Gasteiger partial charge in [-0.15, -0.1) is 11.3 Å². The molecule has 0 amide bonds. The van der Waals surface area contributed by atoms with Gasteiger partial charge in [0.15, 0.2) is 0 Å². The van der Waals surface area contributed by atoms with Crippen LogP contribution in [0.5, 0.6) is 0 Å². The summed E-state index contributed by atoms with van der Waals surface area (Å²) < 4.78 is 14.0. The van der Waals surface area contributed by atoms with E-state index in [4.69, 9.17) is 4.42 Å². The van der Waals surface area contributed by atoms with Crippen molar-refractivity contribution in [3.05, 3.63) is 181 Å². The van der Waals surface area contributed by atoms with Crippen molar-refractivity contribution < 1.29 is 4.42 Å². The minimum absolute atomic E-state index is 0.0267. The van der Waals surface area contributed by atoms with Crippen LogP contribution in [0.3, 0.4) is 0 Å². The molecular formula is C55H42N2OS. The Labute approximate surface area is 346 Å². The number of hydrogen-bond donors (Lipinski definition) is 0. The van der Waals surface area contributed by atoms with Crippen molar-refractivity contribution in [2.24, 2.45) is 0 Å². The van der Waals surface area contributed by atoms with Crippen molar-refractivity contribution in [2.45, 2.75) is 44.9 Å². The van der Waals surface area contributed by atoms with Gasteiger partial charge in [0, 0.05) is 63.9 Å². The van der Waals surface area contributed by atoms with E-state index >= 15 is 0 Å². The summed E-state index contributed by atoms with van der Waals surface area (Å²) in [6, 6.07) is 62.7. The number of rotatable bonds is 7. The van der Waals surface area contributed by atoms with Crippen molar-refractivity contribution in [1.29, 1.82) is 0 Å². The van der Waals surface area contributed by atoms with Crippen molar-refractivity contribution in [2.75, 3.05) is 0 Å². The molecule has 1 atom stereocenters. The SMILES string of the molecule is CC(CCC(C)(C)c1ccc2oc3ccc(-n4c5ccccc5c5ccccc54)cc3c2c1)c1ccc2c(c1)c1ccccc1n2-c1ccc2sc3ccccc3c2c1. The summed E-state index contributed by atoms with van der Waals surface area (Å²) in [6.45, 7) is 7.20. The number of furan rings is 1. The van der Waals surface area contributed by atoms with E-state index in [0.717, 1.165) is 35.1 Å². The molecule has 59 heavy (non-hydrogen) atoms. The zero-order chi connectivity index (χ0) is 39.4. The first-order chi connectivity index (χ1) is 28.9. The summed E-state index contributed by atoms with van der Waals surface area (Å²) in [6.07, 6.45) is 2.15. The standard InChI is InChI=1S/C55H42N2OS/c1-34(35-20-24-50-43(30-35)41-14-6-10-18-49(41)57(50)38-23-27-54-46(33-38)42-15-7-11-19-53(42)59-54)28-29-55(2,3)36-21-25-51-44(31-36)45-32-37(22-26-52(45)58-51)56-47-16-8-4-12-39(47)40-13-5-9-17-48(40)56/h4-27,30-34H,28-29H2,1-3H3. The predicted octanol–water partition coefficient (Wildman–Crippen LogP) is 16.0. The fraction of sp³-hybridized carbons (Fsp3) is 0.127. The Kier molecular flexibility index (Phi) is 7.55. The van der Waals surface area contributed by atoms with Gasteiger partial charge in [-0.05, 0) is 120 Å². The van der Waals surface area contributed by atoms with Crippen molar-refractivity contribution in [3.63, 3.8) is 0 Å². The summed E-state index contributed by atoms with van der Waals surface area (Å²) in [5.74, 6) is 0.404. The van der Waals surface area contributed by atoms with E-state index in [9.17, 15) is 0 Å². The second-order valence-electron chi connectivity index (χ2n) is 17.1.